The largest absolute Gasteiger partial charge is 0.459 e. The van der Waals surface area contributed by atoms with Gasteiger partial charge in [-0.15, -0.1) is 0 Å². The Bertz CT molecular complexity index is 2360. The third kappa shape index (κ3) is 13.8. The molecular formula is C63H105NO13SSi3. The van der Waals surface area contributed by atoms with E-state index in [0.717, 1.165) is 68.2 Å². The van der Waals surface area contributed by atoms with E-state index >= 15 is 14.4 Å². The highest BCUT2D eigenvalue weighted by molar-refractivity contribution is 7.99. The van der Waals surface area contributed by atoms with E-state index in [1.165, 1.54) is 6.92 Å². The molecule has 1 amide bonds. The van der Waals surface area contributed by atoms with Gasteiger partial charge in [0.15, 0.2) is 42.4 Å². The number of rotatable bonds is 14. The molecule has 5 aliphatic rings. The predicted molar refractivity (Wildman–Crippen MR) is 328 cm³/mol. The van der Waals surface area contributed by atoms with E-state index < -0.39 is 113 Å². The molecule has 2 saturated heterocycles. The van der Waals surface area contributed by atoms with E-state index in [1.807, 2.05) is 69.8 Å². The van der Waals surface area contributed by atoms with Crippen molar-refractivity contribution in [3.63, 3.8) is 0 Å². The van der Waals surface area contributed by atoms with Crippen LogP contribution < -0.4 is 5.32 Å². The number of ether oxygens (including phenoxy) is 4. The number of thioether (sulfide) groups is 1. The number of nitrogens with one attached hydrogen (secondary N) is 1. The lowest BCUT2D eigenvalue weighted by atomic mass is 9.44. The highest BCUT2D eigenvalue weighted by Gasteiger charge is 2.79. The average molecular weight is 1200 g/mol. The molecule has 81 heavy (non-hydrogen) atoms. The Balaban J connectivity index is 1.68. The summed E-state index contributed by atoms with van der Waals surface area (Å²) in [4.78, 5) is 76.3. The first kappa shape index (κ1) is 67.4. The summed E-state index contributed by atoms with van der Waals surface area (Å²) in [6.07, 6.45) is 0.279. The summed E-state index contributed by atoms with van der Waals surface area (Å²) in [5, 5.41) is 17.7. The van der Waals surface area contributed by atoms with Crippen LogP contribution in [0.4, 0.5) is 0 Å². The Hall–Kier alpha value is -2.69. The Labute approximate surface area is 494 Å². The van der Waals surface area contributed by atoms with Crippen LogP contribution in [0.25, 0.3) is 0 Å². The zero-order valence-corrected chi connectivity index (χ0v) is 56.4. The molecule has 2 saturated carbocycles. The van der Waals surface area contributed by atoms with Gasteiger partial charge >= 0.3 is 17.9 Å². The lowest BCUT2D eigenvalue weighted by molar-refractivity contribution is -0.346. The van der Waals surface area contributed by atoms with Crippen molar-refractivity contribution in [2.45, 2.75) is 282 Å². The minimum atomic E-state index is -2.86. The zero-order valence-electron chi connectivity index (χ0n) is 52.6. The Morgan fingerprint density at radius 2 is 1.33 bits per heavy atom. The molecule has 458 valence electrons. The number of esters is 3. The third-order valence-corrected chi connectivity index (χ3v) is 35.7. The van der Waals surface area contributed by atoms with Gasteiger partial charge in [0, 0.05) is 38.0 Å². The van der Waals surface area contributed by atoms with Gasteiger partial charge in [-0.25, -0.2) is 4.79 Å². The van der Waals surface area contributed by atoms with Crippen molar-refractivity contribution >= 4 is 66.3 Å². The number of carbonyl (C=O) groups is 5. The fraction of sp³-hybridized carbons (Fsp3) is 0.794. The summed E-state index contributed by atoms with van der Waals surface area (Å²) < 4.78 is 49.6. The van der Waals surface area contributed by atoms with Crippen molar-refractivity contribution in [1.29, 1.82) is 0 Å². The van der Waals surface area contributed by atoms with Crippen molar-refractivity contribution in [2.75, 3.05) is 18.1 Å². The lowest BCUT2D eigenvalue weighted by Crippen LogP contribution is -2.82. The lowest BCUT2D eigenvalue weighted by Gasteiger charge is -2.68. The monoisotopic (exact) mass is 1200 g/mol. The van der Waals surface area contributed by atoms with Crippen LogP contribution in [-0.4, -0.2) is 126 Å². The number of carbonyl (C=O) groups excluding carboxylic acids is 5. The molecule has 1 aromatic carbocycles. The maximum atomic E-state index is 17.3. The first-order chi connectivity index (χ1) is 38.1. The Kier molecular flexibility index (Phi) is 22.8. The van der Waals surface area contributed by atoms with Crippen LogP contribution in [0.5, 0.6) is 0 Å². The second-order valence-corrected chi connectivity index (χ2v) is 42.1. The van der Waals surface area contributed by atoms with Crippen LogP contribution in [0.2, 0.25) is 54.4 Å². The summed E-state index contributed by atoms with van der Waals surface area (Å²) in [5.41, 5.74) is -5.04. The molecule has 0 aromatic heterocycles. The third-order valence-electron chi connectivity index (χ3n) is 20.9. The van der Waals surface area contributed by atoms with Gasteiger partial charge in [-0.3, -0.25) is 19.2 Å². The highest BCUT2D eigenvalue weighted by Crippen LogP contribution is 2.65. The predicted octanol–water partition coefficient (Wildman–Crippen LogP) is 13.3. The SMILES string of the molecule is CC[Si](CC)(CC)O[C@@H]1C(=O)[C@]2(C)[C@@H](O[Si](CC)(CC)CC)C[C@H]3OC[C@]3(OC(C)=O)[C@H]2[C@H]2OC(=O)CCCCCSCCCCCCCC(=O)N[C@H](c3ccccc3)[C@H](O[Si](C)(C)C(C)(C)C)C(=O)O[C@H]3C[C@]2(O)C(C)(C)C1=C3C. The number of aliphatic hydroxyl groups is 1. The fourth-order valence-electron chi connectivity index (χ4n) is 14.0. The standard InChI is InChI=1S/C63H105NO13SSi3/c1-17-80(18-2,19-3)75-47-40-48-62(42-71-48,74-44(8)65)55-57-63(70)41-46(43(7)51(60(63,12)13)53(56(68)61(47,55)14)77-81(20-4,21-5)22-6)72-58(69)54(76-79(15,16)59(9,10)11)52(45-34-28-26-29-35-45)64-49(66)36-30-24-23-25-32-38-78-39-33-27-31-37-50(67)73-57/h26,28-29,34-35,46-48,52-55,57,70H,17-25,27,30-33,36-42H2,1-16H3,(H,64,66)/t46-,47-,48+,52+,53-,54-,55-,57+,61+,62+,63+/m0/s1. The van der Waals surface area contributed by atoms with Crippen molar-refractivity contribution in [3.8, 4) is 0 Å². The minimum Gasteiger partial charge on any atom is -0.459 e. The second kappa shape index (κ2) is 27.3. The number of fused-ring (bicyclic) bond motifs is 6. The summed E-state index contributed by atoms with van der Waals surface area (Å²) in [6, 6.07) is 12.9. The maximum Gasteiger partial charge on any atom is 0.337 e. The molecule has 4 fully saturated rings. The van der Waals surface area contributed by atoms with Crippen LogP contribution in [0.3, 0.4) is 0 Å². The van der Waals surface area contributed by atoms with Crippen LogP contribution in [0, 0.1) is 16.7 Å². The smallest absolute Gasteiger partial charge is 0.337 e. The molecule has 0 radical (unpaired) electrons. The molecule has 2 heterocycles. The minimum absolute atomic E-state index is 0.0512. The Morgan fingerprint density at radius 1 is 0.778 bits per heavy atom. The quantitative estimate of drug-likeness (QED) is 0.0777. The fourth-order valence-corrected chi connectivity index (χ4v) is 21.9. The van der Waals surface area contributed by atoms with E-state index in [0.29, 0.717) is 47.7 Å². The molecule has 1 aromatic rings. The van der Waals surface area contributed by atoms with E-state index in [2.05, 4.69) is 80.7 Å². The first-order valence-electron chi connectivity index (χ1n) is 31.2. The molecule has 6 rings (SSSR count). The van der Waals surface area contributed by atoms with Crippen LogP contribution in [-0.2, 0) is 56.2 Å². The molecule has 18 heteroatoms. The number of hydrogen-bond donors (Lipinski definition) is 2. The molecule has 0 spiro atoms. The molecule has 2 N–H and O–H groups in total. The zero-order chi connectivity index (χ0) is 60.0. The van der Waals surface area contributed by atoms with Gasteiger partial charge in [0.25, 0.3) is 0 Å². The average Bonchev–Trinajstić information content (AvgIpc) is 1.91. The molecule has 0 unspecified atom stereocenters. The molecule has 14 nitrogen and oxygen atoms in total. The summed E-state index contributed by atoms with van der Waals surface area (Å²) >= 11 is 1.91. The van der Waals surface area contributed by atoms with Crippen molar-refractivity contribution < 1.29 is 61.3 Å². The molecule has 3 aliphatic carbocycles. The van der Waals surface area contributed by atoms with E-state index in [1.54, 1.807) is 0 Å². The van der Waals surface area contributed by atoms with Crippen LogP contribution >= 0.6 is 11.8 Å². The van der Waals surface area contributed by atoms with Crippen LogP contribution in [0.15, 0.2) is 41.5 Å². The van der Waals surface area contributed by atoms with Crippen molar-refractivity contribution in [2.24, 2.45) is 16.7 Å². The van der Waals surface area contributed by atoms with Gasteiger partial charge in [-0.2, -0.15) is 11.8 Å². The summed E-state index contributed by atoms with van der Waals surface area (Å²) in [5.74, 6) is -1.66. The number of hydrogen-bond acceptors (Lipinski definition) is 14. The highest BCUT2D eigenvalue weighted by atomic mass is 32.2. The normalized spacial score (nSPS) is 32.8. The molecule has 11 atom stereocenters. The second-order valence-electron chi connectivity index (χ2n) is 26.7. The van der Waals surface area contributed by atoms with E-state index in [4.69, 9.17) is 32.2 Å². The van der Waals surface area contributed by atoms with Gasteiger partial charge < -0.3 is 42.6 Å². The molecule has 2 aliphatic heterocycles. The van der Waals surface area contributed by atoms with Gasteiger partial charge in [-0.05, 0) is 122 Å². The number of amides is 1. The summed E-state index contributed by atoms with van der Waals surface area (Å²) in [6.45, 7) is 31.9. The van der Waals surface area contributed by atoms with Gasteiger partial charge in [-0.1, -0.05) is 132 Å². The van der Waals surface area contributed by atoms with Gasteiger partial charge in [0.2, 0.25) is 5.91 Å². The molecule has 3 bridgehead atoms. The molecular weight excluding hydrogens is 1100 g/mol. The van der Waals surface area contributed by atoms with Crippen molar-refractivity contribution in [1.82, 2.24) is 5.32 Å². The van der Waals surface area contributed by atoms with E-state index in [9.17, 15) is 14.7 Å². The van der Waals surface area contributed by atoms with Crippen LogP contribution in [0.1, 0.15) is 186 Å². The van der Waals surface area contributed by atoms with Gasteiger partial charge in [0.1, 0.15) is 30.0 Å². The number of ketones is 1. The number of benzene rings is 1. The van der Waals surface area contributed by atoms with Crippen molar-refractivity contribution in [3.05, 3.63) is 47.0 Å². The van der Waals surface area contributed by atoms with E-state index in [-0.39, 0.29) is 49.0 Å². The first-order valence-corrected chi connectivity index (χ1v) is 40.3. The Morgan fingerprint density at radius 3 is 1.89 bits per heavy atom. The summed E-state index contributed by atoms with van der Waals surface area (Å²) in [7, 11) is -8.23. The maximum absolute atomic E-state index is 17.3. The number of Topliss-reactive ketones (excluding diaryl/α,β-unsaturated/α-hetero) is 1. The van der Waals surface area contributed by atoms with Gasteiger partial charge in [0.05, 0.1) is 30.1 Å². The topological polar surface area (TPSA) is 182 Å².